The molecule has 5 N–H and O–H groups in total. The molecule has 0 aliphatic rings. The summed E-state index contributed by atoms with van der Waals surface area (Å²) in [6.07, 6.45) is 4.37. The van der Waals surface area contributed by atoms with Crippen LogP contribution in [0.2, 0.25) is 5.02 Å². The molecule has 1 atom stereocenters. The number of carbonyl (C=O) groups excluding carboxylic acids is 1. The average molecular weight is 574 g/mol. The number of aromatic nitrogens is 2. The number of nitrogens with zero attached hydrogens (tertiary/aromatic N) is 2. The first-order chi connectivity index (χ1) is 20.0. The van der Waals surface area contributed by atoms with Crippen LogP contribution in [-0.2, 0) is 31.0 Å². The molecule has 4 aromatic rings. The lowest BCUT2D eigenvalue weighted by Crippen LogP contribution is -2.25. The first-order valence-electron chi connectivity index (χ1n) is 13.5. The number of ketones is 1. The third kappa shape index (κ3) is 11.6. The van der Waals surface area contributed by atoms with Crippen molar-refractivity contribution in [1.82, 2.24) is 20.6 Å². The van der Waals surface area contributed by atoms with Crippen LogP contribution in [0.15, 0.2) is 97.3 Å². The largest absolute Gasteiger partial charge is 0.481 e. The van der Waals surface area contributed by atoms with Gasteiger partial charge in [0.15, 0.2) is 5.78 Å². The van der Waals surface area contributed by atoms with Gasteiger partial charge in [-0.05, 0) is 66.9 Å². The molecule has 0 aliphatic carbocycles. The van der Waals surface area contributed by atoms with Gasteiger partial charge in [-0.3, -0.25) is 19.6 Å². The topological polar surface area (TPSA) is 130 Å². The molecule has 0 spiro atoms. The molecular weight excluding hydrogens is 538 g/mol. The van der Waals surface area contributed by atoms with E-state index in [0.29, 0.717) is 44.7 Å². The van der Waals surface area contributed by atoms with E-state index in [2.05, 4.69) is 20.6 Å². The van der Waals surface area contributed by atoms with Gasteiger partial charge in [-0.1, -0.05) is 60.1 Å². The van der Waals surface area contributed by atoms with Crippen LogP contribution in [0.1, 0.15) is 45.7 Å². The van der Waals surface area contributed by atoms with Gasteiger partial charge in [0.2, 0.25) is 0 Å². The van der Waals surface area contributed by atoms with Crippen molar-refractivity contribution in [3.8, 4) is 0 Å². The summed E-state index contributed by atoms with van der Waals surface area (Å²) in [5, 5.41) is 16.8. The normalized spacial score (nSPS) is 11.3. The number of nitrogens with one attached hydrogen (secondary N) is 2. The fraction of sp³-hybridized carbons (Fsp3) is 0.250. The minimum Gasteiger partial charge on any atom is -0.481 e. The van der Waals surface area contributed by atoms with Crippen LogP contribution in [0.25, 0.3) is 0 Å². The maximum atomic E-state index is 12.7. The molecule has 0 unspecified atom stereocenters. The quantitative estimate of drug-likeness (QED) is 0.0940. The lowest BCUT2D eigenvalue weighted by atomic mass is 9.93. The zero-order valence-corrected chi connectivity index (χ0v) is 23.6. The number of hydrogen-bond acceptors (Lipinski definition) is 7. The second kappa shape index (κ2) is 17.7. The summed E-state index contributed by atoms with van der Waals surface area (Å²) in [7, 11) is 0. The Morgan fingerprint density at radius 2 is 1.46 bits per heavy atom. The first-order valence-corrected chi connectivity index (χ1v) is 13.9. The molecule has 0 saturated heterocycles. The van der Waals surface area contributed by atoms with Crippen LogP contribution in [0.5, 0.6) is 0 Å². The Morgan fingerprint density at radius 3 is 2.00 bits per heavy atom. The van der Waals surface area contributed by atoms with Crippen molar-refractivity contribution in [3.05, 3.63) is 130 Å². The van der Waals surface area contributed by atoms with Crippen LogP contribution < -0.4 is 16.4 Å². The molecule has 0 aliphatic heterocycles. The summed E-state index contributed by atoms with van der Waals surface area (Å²) < 4.78 is 0. The van der Waals surface area contributed by atoms with E-state index in [4.69, 9.17) is 17.3 Å². The van der Waals surface area contributed by atoms with Gasteiger partial charge in [0.1, 0.15) is 5.92 Å². The smallest absolute Gasteiger partial charge is 0.314 e. The Balaban J connectivity index is 0.000000436. The summed E-state index contributed by atoms with van der Waals surface area (Å²) in [4.78, 5) is 32.9. The number of pyridine rings is 2. The summed E-state index contributed by atoms with van der Waals surface area (Å²) in [5.41, 5.74) is 9.75. The molecule has 8 nitrogen and oxygen atoms in total. The van der Waals surface area contributed by atoms with Crippen LogP contribution in [-0.4, -0.2) is 33.4 Å². The number of hydrogen-bond donors (Lipinski definition) is 4. The van der Waals surface area contributed by atoms with Gasteiger partial charge in [-0.15, -0.1) is 0 Å². The van der Waals surface area contributed by atoms with Crippen LogP contribution in [0.4, 0.5) is 0 Å². The number of benzene rings is 2. The van der Waals surface area contributed by atoms with E-state index in [1.54, 1.807) is 24.5 Å². The van der Waals surface area contributed by atoms with E-state index in [0.717, 1.165) is 27.5 Å². The standard InChI is InChI=1S/C25H28N4O3.C7H8ClN/c30-24(23(25(31)32)8-5-13-26-17-21-6-1-3-14-28-21)20-11-9-19(10-12-20)16-27-18-22-7-2-4-15-29-22;8-7-3-1-2-6(4-7)5-9/h1-4,6-7,9-12,14-15,23,26-27H,5,8,13,16-18H2,(H,31,32);1-4H,5,9H2/t23-;/m0./s1. The first kappa shape index (κ1) is 31.6. The van der Waals surface area contributed by atoms with Crippen LogP contribution in [0.3, 0.4) is 0 Å². The highest BCUT2D eigenvalue weighted by Gasteiger charge is 2.26. The highest BCUT2D eigenvalue weighted by atomic mass is 35.5. The number of carboxylic acids is 1. The van der Waals surface area contributed by atoms with Crippen molar-refractivity contribution in [2.75, 3.05) is 6.54 Å². The molecule has 2 aromatic carbocycles. The molecule has 0 saturated carbocycles. The molecule has 0 radical (unpaired) electrons. The molecule has 214 valence electrons. The van der Waals surface area contributed by atoms with Crippen molar-refractivity contribution < 1.29 is 14.7 Å². The molecule has 41 heavy (non-hydrogen) atoms. The number of aliphatic carboxylic acids is 1. The van der Waals surface area contributed by atoms with E-state index >= 15 is 0 Å². The molecule has 2 heterocycles. The van der Waals surface area contributed by atoms with Gasteiger partial charge >= 0.3 is 5.97 Å². The maximum Gasteiger partial charge on any atom is 0.314 e. The van der Waals surface area contributed by atoms with E-state index in [1.807, 2.05) is 72.8 Å². The molecule has 4 rings (SSSR count). The summed E-state index contributed by atoms with van der Waals surface area (Å²) in [6, 6.07) is 26.1. The molecular formula is C32H36ClN5O3. The zero-order chi connectivity index (χ0) is 29.3. The fourth-order valence-corrected chi connectivity index (χ4v) is 4.22. The lowest BCUT2D eigenvalue weighted by molar-refractivity contribution is -0.140. The SMILES string of the molecule is NCc1cccc(Cl)c1.O=C(O)[C@@H](CCCNCc1ccccn1)C(=O)c1ccc(CNCc2ccccn2)cc1. The van der Waals surface area contributed by atoms with E-state index in [9.17, 15) is 14.7 Å². The molecule has 0 fully saturated rings. The Hall–Kier alpha value is -3.95. The Labute approximate surface area is 246 Å². The molecule has 2 aromatic heterocycles. The summed E-state index contributed by atoms with van der Waals surface area (Å²) in [6.45, 7) is 3.07. The van der Waals surface area contributed by atoms with Crippen LogP contribution in [0, 0.1) is 5.92 Å². The highest BCUT2D eigenvalue weighted by molar-refractivity contribution is 6.30. The molecule has 0 bridgehead atoms. The Morgan fingerprint density at radius 1 is 0.805 bits per heavy atom. The number of carboxylic acid groups (broad SMARTS) is 1. The fourth-order valence-electron chi connectivity index (χ4n) is 4.01. The zero-order valence-electron chi connectivity index (χ0n) is 22.9. The maximum absolute atomic E-state index is 12.7. The van der Waals surface area contributed by atoms with Crippen molar-refractivity contribution >= 4 is 23.4 Å². The van der Waals surface area contributed by atoms with Crippen molar-refractivity contribution in [3.63, 3.8) is 0 Å². The van der Waals surface area contributed by atoms with Gasteiger partial charge in [0.05, 0.1) is 11.4 Å². The van der Waals surface area contributed by atoms with E-state index < -0.39 is 11.9 Å². The number of Topliss-reactive ketones (excluding diaryl/α,β-unsaturated/α-hetero) is 1. The Kier molecular flexibility index (Phi) is 13.6. The van der Waals surface area contributed by atoms with E-state index in [-0.39, 0.29) is 12.2 Å². The van der Waals surface area contributed by atoms with Gasteiger partial charge in [-0.2, -0.15) is 0 Å². The summed E-state index contributed by atoms with van der Waals surface area (Å²) in [5.74, 6) is -2.48. The highest BCUT2D eigenvalue weighted by Crippen LogP contribution is 2.16. The average Bonchev–Trinajstić information content (AvgIpc) is 3.00. The third-order valence-corrected chi connectivity index (χ3v) is 6.45. The number of carbonyl (C=O) groups is 2. The summed E-state index contributed by atoms with van der Waals surface area (Å²) >= 11 is 5.67. The number of rotatable bonds is 14. The lowest BCUT2D eigenvalue weighted by Gasteiger charge is -2.12. The predicted octanol–water partition coefficient (Wildman–Crippen LogP) is 5.02. The van der Waals surface area contributed by atoms with Crippen molar-refractivity contribution in [1.29, 1.82) is 0 Å². The third-order valence-electron chi connectivity index (χ3n) is 6.22. The molecule has 9 heteroatoms. The van der Waals surface area contributed by atoms with Crippen molar-refractivity contribution in [2.24, 2.45) is 11.7 Å². The van der Waals surface area contributed by atoms with E-state index in [1.165, 1.54) is 0 Å². The number of nitrogens with two attached hydrogens (primary N) is 1. The van der Waals surface area contributed by atoms with Crippen LogP contribution >= 0.6 is 11.6 Å². The predicted molar refractivity (Wildman–Crippen MR) is 161 cm³/mol. The second-order valence-electron chi connectivity index (χ2n) is 9.35. The monoisotopic (exact) mass is 573 g/mol. The number of halogens is 1. The Bertz CT molecular complexity index is 1340. The second-order valence-corrected chi connectivity index (χ2v) is 9.79. The van der Waals surface area contributed by atoms with Gasteiger partial charge in [0.25, 0.3) is 0 Å². The van der Waals surface area contributed by atoms with Gasteiger partial charge in [0, 0.05) is 49.2 Å². The van der Waals surface area contributed by atoms with Crippen molar-refractivity contribution in [2.45, 2.75) is 39.0 Å². The minimum absolute atomic E-state index is 0.288. The van der Waals surface area contributed by atoms with Gasteiger partial charge < -0.3 is 21.5 Å². The minimum atomic E-state index is -1.08. The molecule has 0 amide bonds. The van der Waals surface area contributed by atoms with Gasteiger partial charge in [-0.25, -0.2) is 0 Å².